The fourth-order valence-corrected chi connectivity index (χ4v) is 2.44. The van der Waals surface area contributed by atoms with Gasteiger partial charge in [0.1, 0.15) is 0 Å². The number of anilines is 2. The molecule has 2 aromatic rings. The van der Waals surface area contributed by atoms with E-state index < -0.39 is 0 Å². The molecule has 5 heteroatoms. The Balaban J connectivity index is 2.09. The molecule has 1 heterocycles. The number of hydrogen-bond acceptors (Lipinski definition) is 4. The van der Waals surface area contributed by atoms with Gasteiger partial charge in [0, 0.05) is 27.5 Å². The van der Waals surface area contributed by atoms with Gasteiger partial charge in [0.2, 0.25) is 5.91 Å². The first-order valence-electron chi connectivity index (χ1n) is 5.83. The minimum Gasteiger partial charge on any atom is -0.398 e. The zero-order valence-electron chi connectivity index (χ0n) is 10.6. The van der Waals surface area contributed by atoms with Gasteiger partial charge < -0.3 is 16.5 Å². The van der Waals surface area contributed by atoms with E-state index in [-0.39, 0.29) is 5.91 Å². The number of nitrogens with one attached hydrogen (secondary N) is 2. The second-order valence-corrected chi connectivity index (χ2v) is 5.26. The van der Waals surface area contributed by atoms with E-state index in [9.17, 15) is 4.79 Å². The monoisotopic (exact) mass is 273 g/mol. The van der Waals surface area contributed by atoms with Crippen LogP contribution in [-0.2, 0) is 11.2 Å². The van der Waals surface area contributed by atoms with Crippen LogP contribution in [0.4, 0.5) is 11.4 Å². The van der Waals surface area contributed by atoms with Gasteiger partial charge in [-0.25, -0.2) is 0 Å². The summed E-state index contributed by atoms with van der Waals surface area (Å²) < 4.78 is 0. The van der Waals surface area contributed by atoms with Crippen LogP contribution in [0.3, 0.4) is 0 Å². The Hall–Kier alpha value is -2.14. The minimum absolute atomic E-state index is 0.0687. The highest BCUT2D eigenvalue weighted by atomic mass is 32.1. The highest BCUT2D eigenvalue weighted by Gasteiger charge is 2.07. The van der Waals surface area contributed by atoms with E-state index in [0.29, 0.717) is 29.1 Å². The van der Waals surface area contributed by atoms with Crippen LogP contribution in [-0.4, -0.2) is 11.6 Å². The van der Waals surface area contributed by atoms with Crippen LogP contribution >= 0.6 is 11.3 Å². The number of nitrogens with two attached hydrogens (primary N) is 1. The number of amides is 1. The van der Waals surface area contributed by atoms with Gasteiger partial charge in [-0.2, -0.15) is 0 Å². The van der Waals surface area contributed by atoms with Gasteiger partial charge in [0.25, 0.3) is 0 Å². The molecule has 98 valence electrons. The van der Waals surface area contributed by atoms with Gasteiger partial charge in [-0.15, -0.1) is 11.3 Å². The summed E-state index contributed by atoms with van der Waals surface area (Å²) >= 11 is 1.56. The Morgan fingerprint density at radius 3 is 2.84 bits per heavy atom. The molecule has 0 aliphatic heterocycles. The van der Waals surface area contributed by atoms with Crippen LogP contribution in [0.1, 0.15) is 17.4 Å². The number of nitrogen functional groups attached to an aromatic ring is 1. The van der Waals surface area contributed by atoms with E-state index in [1.54, 1.807) is 36.5 Å². The smallest absolute Gasteiger partial charge is 0.229 e. The van der Waals surface area contributed by atoms with Crippen LogP contribution < -0.4 is 11.1 Å². The summed E-state index contributed by atoms with van der Waals surface area (Å²) in [5.41, 5.74) is 8.02. The van der Waals surface area contributed by atoms with E-state index in [0.717, 1.165) is 4.88 Å². The molecule has 0 unspecified atom stereocenters. The van der Waals surface area contributed by atoms with E-state index in [1.807, 2.05) is 17.5 Å². The van der Waals surface area contributed by atoms with E-state index in [2.05, 4.69) is 5.32 Å². The minimum atomic E-state index is -0.0687. The number of hydrogen-bond donors (Lipinski definition) is 3. The average molecular weight is 273 g/mol. The quantitative estimate of drug-likeness (QED) is 0.591. The van der Waals surface area contributed by atoms with Gasteiger partial charge in [-0.1, -0.05) is 6.07 Å². The van der Waals surface area contributed by atoms with Crippen molar-refractivity contribution in [1.29, 1.82) is 5.41 Å². The van der Waals surface area contributed by atoms with Crippen LogP contribution in [0.5, 0.6) is 0 Å². The summed E-state index contributed by atoms with van der Waals surface area (Å²) in [5, 5.41) is 12.4. The molecular weight excluding hydrogens is 258 g/mol. The summed E-state index contributed by atoms with van der Waals surface area (Å²) in [7, 11) is 0. The number of benzene rings is 1. The van der Waals surface area contributed by atoms with Gasteiger partial charge >= 0.3 is 0 Å². The van der Waals surface area contributed by atoms with Crippen molar-refractivity contribution in [3.8, 4) is 0 Å². The van der Waals surface area contributed by atoms with Crippen molar-refractivity contribution in [2.75, 3.05) is 11.1 Å². The SMILES string of the molecule is CC(=N)c1cc(NC(=O)Cc2cccs2)ccc1N. The maximum Gasteiger partial charge on any atom is 0.229 e. The summed E-state index contributed by atoms with van der Waals surface area (Å²) in [6.45, 7) is 1.67. The Bertz CT molecular complexity index is 605. The van der Waals surface area contributed by atoms with Crippen molar-refractivity contribution in [3.63, 3.8) is 0 Å². The van der Waals surface area contributed by atoms with Crippen LogP contribution in [0.25, 0.3) is 0 Å². The van der Waals surface area contributed by atoms with Gasteiger partial charge in [0.15, 0.2) is 0 Å². The molecule has 0 aliphatic carbocycles. The Morgan fingerprint density at radius 1 is 1.42 bits per heavy atom. The molecule has 1 aromatic carbocycles. The summed E-state index contributed by atoms with van der Waals surface area (Å²) in [5.74, 6) is -0.0687. The molecular formula is C14H15N3OS. The Kier molecular flexibility index (Phi) is 3.97. The highest BCUT2D eigenvalue weighted by Crippen LogP contribution is 2.19. The lowest BCUT2D eigenvalue weighted by molar-refractivity contribution is -0.115. The van der Waals surface area contributed by atoms with Crippen molar-refractivity contribution in [3.05, 3.63) is 46.2 Å². The van der Waals surface area contributed by atoms with Crippen LogP contribution in [0.15, 0.2) is 35.7 Å². The Labute approximate surface area is 115 Å². The molecule has 0 saturated carbocycles. The lowest BCUT2D eigenvalue weighted by Crippen LogP contribution is -2.14. The number of carbonyl (C=O) groups excluding carboxylic acids is 1. The molecule has 0 fully saturated rings. The predicted octanol–water partition coefficient (Wildman–Crippen LogP) is 2.90. The molecule has 1 amide bonds. The number of carbonyl (C=O) groups is 1. The van der Waals surface area contributed by atoms with Crippen LogP contribution in [0.2, 0.25) is 0 Å². The highest BCUT2D eigenvalue weighted by molar-refractivity contribution is 7.10. The van der Waals surface area contributed by atoms with Crippen molar-refractivity contribution >= 4 is 34.3 Å². The standard InChI is InChI=1S/C14H15N3OS/c1-9(15)12-7-10(4-5-13(12)16)17-14(18)8-11-3-2-6-19-11/h2-7,15H,8,16H2,1H3,(H,17,18). The fraction of sp³-hybridized carbons (Fsp3) is 0.143. The Morgan fingerprint density at radius 2 is 2.21 bits per heavy atom. The van der Waals surface area contributed by atoms with Crippen molar-refractivity contribution < 1.29 is 4.79 Å². The first-order chi connectivity index (χ1) is 9.06. The van der Waals surface area contributed by atoms with Gasteiger partial charge in [-0.3, -0.25) is 4.79 Å². The molecule has 0 bridgehead atoms. The average Bonchev–Trinajstić information content (AvgIpc) is 2.84. The first kappa shape index (κ1) is 13.3. The predicted molar refractivity (Wildman–Crippen MR) is 80.0 cm³/mol. The van der Waals surface area contributed by atoms with Crippen molar-refractivity contribution in [2.45, 2.75) is 13.3 Å². The number of thiophene rings is 1. The first-order valence-corrected chi connectivity index (χ1v) is 6.71. The molecule has 4 nitrogen and oxygen atoms in total. The molecule has 4 N–H and O–H groups in total. The van der Waals surface area contributed by atoms with Crippen molar-refractivity contribution in [1.82, 2.24) is 0 Å². The molecule has 0 aliphatic rings. The third-order valence-electron chi connectivity index (χ3n) is 2.66. The van der Waals surface area contributed by atoms with Gasteiger partial charge in [-0.05, 0) is 36.6 Å². The summed E-state index contributed by atoms with van der Waals surface area (Å²) in [4.78, 5) is 12.9. The summed E-state index contributed by atoms with van der Waals surface area (Å²) in [6.07, 6.45) is 0.362. The second-order valence-electron chi connectivity index (χ2n) is 4.23. The van der Waals surface area contributed by atoms with Gasteiger partial charge in [0.05, 0.1) is 6.42 Å². The number of rotatable bonds is 4. The fourth-order valence-electron chi connectivity index (χ4n) is 1.74. The molecule has 0 radical (unpaired) electrons. The second kappa shape index (κ2) is 5.67. The normalized spacial score (nSPS) is 10.2. The zero-order valence-corrected chi connectivity index (χ0v) is 11.4. The molecule has 0 atom stereocenters. The lowest BCUT2D eigenvalue weighted by Gasteiger charge is -2.08. The summed E-state index contributed by atoms with van der Waals surface area (Å²) in [6, 6.07) is 9.03. The molecule has 2 rings (SSSR count). The topological polar surface area (TPSA) is 79.0 Å². The van der Waals surface area contributed by atoms with Crippen molar-refractivity contribution in [2.24, 2.45) is 0 Å². The van der Waals surface area contributed by atoms with Crippen LogP contribution in [0, 0.1) is 5.41 Å². The largest absolute Gasteiger partial charge is 0.398 e. The lowest BCUT2D eigenvalue weighted by atomic mass is 10.1. The van der Waals surface area contributed by atoms with E-state index in [4.69, 9.17) is 11.1 Å². The molecule has 19 heavy (non-hydrogen) atoms. The zero-order chi connectivity index (χ0) is 13.8. The molecule has 0 saturated heterocycles. The van der Waals surface area contributed by atoms with E-state index >= 15 is 0 Å². The maximum absolute atomic E-state index is 11.9. The molecule has 0 spiro atoms. The van der Waals surface area contributed by atoms with E-state index in [1.165, 1.54) is 0 Å². The third kappa shape index (κ3) is 3.42. The third-order valence-corrected chi connectivity index (χ3v) is 3.53. The molecule has 1 aromatic heterocycles. The maximum atomic E-state index is 11.9.